The van der Waals surface area contributed by atoms with E-state index in [2.05, 4.69) is 29.0 Å². The molecule has 1 fully saturated rings. The van der Waals surface area contributed by atoms with E-state index in [0.29, 0.717) is 5.92 Å². The minimum Gasteiger partial charge on any atom is -0.326 e. The number of benzene rings is 1. The van der Waals surface area contributed by atoms with E-state index >= 15 is 0 Å². The topological polar surface area (TPSA) is 50.2 Å². The number of aromatic nitrogens is 2. The summed E-state index contributed by atoms with van der Waals surface area (Å²) in [7, 11) is 0. The van der Waals surface area contributed by atoms with Crippen molar-refractivity contribution < 1.29 is 4.79 Å². The highest BCUT2D eigenvalue weighted by Crippen LogP contribution is 2.21. The summed E-state index contributed by atoms with van der Waals surface area (Å²) in [5, 5.41) is 3.08. The molecular formula is C19H26N4O. The van der Waals surface area contributed by atoms with Crippen molar-refractivity contribution in [2.24, 2.45) is 11.8 Å². The van der Waals surface area contributed by atoms with E-state index in [1.54, 1.807) is 12.5 Å². The lowest BCUT2D eigenvalue weighted by atomic mass is 9.95. The first-order chi connectivity index (χ1) is 11.6. The Kier molecular flexibility index (Phi) is 5.30. The highest BCUT2D eigenvalue weighted by atomic mass is 16.1. The molecule has 128 valence electrons. The van der Waals surface area contributed by atoms with Gasteiger partial charge in [0, 0.05) is 36.2 Å². The van der Waals surface area contributed by atoms with E-state index in [4.69, 9.17) is 0 Å². The van der Waals surface area contributed by atoms with Crippen molar-refractivity contribution >= 4 is 11.6 Å². The number of hydrogen-bond acceptors (Lipinski definition) is 3. The van der Waals surface area contributed by atoms with Crippen LogP contribution < -0.4 is 5.32 Å². The van der Waals surface area contributed by atoms with Gasteiger partial charge in [0.15, 0.2) is 0 Å². The summed E-state index contributed by atoms with van der Waals surface area (Å²) in [6.07, 6.45) is 7.28. The van der Waals surface area contributed by atoms with E-state index < -0.39 is 0 Å². The second-order valence-electron chi connectivity index (χ2n) is 6.98. The summed E-state index contributed by atoms with van der Waals surface area (Å²) >= 11 is 0. The van der Waals surface area contributed by atoms with Crippen LogP contribution in [0.2, 0.25) is 0 Å². The maximum absolute atomic E-state index is 12.5. The van der Waals surface area contributed by atoms with Crippen molar-refractivity contribution in [1.82, 2.24) is 14.5 Å². The highest BCUT2D eigenvalue weighted by Gasteiger charge is 2.25. The van der Waals surface area contributed by atoms with E-state index in [9.17, 15) is 4.79 Å². The van der Waals surface area contributed by atoms with Gasteiger partial charge in [-0.3, -0.25) is 4.79 Å². The molecule has 3 rings (SSSR count). The summed E-state index contributed by atoms with van der Waals surface area (Å²) in [5.74, 6) is 0.939. The van der Waals surface area contributed by atoms with E-state index in [0.717, 1.165) is 43.9 Å². The monoisotopic (exact) mass is 326 g/mol. The van der Waals surface area contributed by atoms with Crippen LogP contribution in [0, 0.1) is 11.8 Å². The van der Waals surface area contributed by atoms with Crippen molar-refractivity contribution in [3.05, 3.63) is 43.0 Å². The molecular weight excluding hydrogens is 300 g/mol. The lowest BCUT2D eigenvalue weighted by Gasteiger charge is -2.32. The van der Waals surface area contributed by atoms with Gasteiger partial charge in [0.2, 0.25) is 5.91 Å². The molecule has 1 aromatic heterocycles. The van der Waals surface area contributed by atoms with Crippen molar-refractivity contribution in [2.45, 2.75) is 26.7 Å². The molecule has 1 amide bonds. The zero-order valence-corrected chi connectivity index (χ0v) is 14.5. The van der Waals surface area contributed by atoms with Gasteiger partial charge in [-0.15, -0.1) is 0 Å². The number of piperidine rings is 1. The average molecular weight is 326 g/mol. The zero-order chi connectivity index (χ0) is 16.9. The number of carbonyl (C=O) groups is 1. The third-order valence-corrected chi connectivity index (χ3v) is 4.50. The molecule has 5 heteroatoms. The fraction of sp³-hybridized carbons (Fsp3) is 0.474. The van der Waals surface area contributed by atoms with Gasteiger partial charge in [-0.25, -0.2) is 4.98 Å². The Morgan fingerprint density at radius 1 is 1.33 bits per heavy atom. The van der Waals surface area contributed by atoms with E-state index in [1.807, 2.05) is 35.0 Å². The minimum atomic E-state index is 0.116. The SMILES string of the molecule is CC(C)CN1CCC(C(=O)Nc2cccc(-n3ccnc3)c2)CC1. The molecule has 24 heavy (non-hydrogen) atoms. The predicted octanol–water partition coefficient (Wildman–Crippen LogP) is 3.18. The Labute approximate surface area is 143 Å². The molecule has 0 spiro atoms. The molecule has 5 nitrogen and oxygen atoms in total. The van der Waals surface area contributed by atoms with Crippen LogP contribution in [-0.2, 0) is 4.79 Å². The molecule has 2 aromatic rings. The van der Waals surface area contributed by atoms with Gasteiger partial charge < -0.3 is 14.8 Å². The second kappa shape index (κ2) is 7.62. The summed E-state index contributed by atoms with van der Waals surface area (Å²) in [4.78, 5) is 19.1. The number of carbonyl (C=O) groups excluding carboxylic acids is 1. The smallest absolute Gasteiger partial charge is 0.227 e. The van der Waals surface area contributed by atoms with Crippen molar-refractivity contribution in [3.63, 3.8) is 0 Å². The van der Waals surface area contributed by atoms with Crippen LogP contribution in [0.25, 0.3) is 5.69 Å². The first kappa shape index (κ1) is 16.7. The Morgan fingerprint density at radius 3 is 2.79 bits per heavy atom. The largest absolute Gasteiger partial charge is 0.326 e. The van der Waals surface area contributed by atoms with E-state index in [-0.39, 0.29) is 11.8 Å². The summed E-state index contributed by atoms with van der Waals surface area (Å²) in [6, 6.07) is 7.87. The molecule has 1 aliphatic rings. The third-order valence-electron chi connectivity index (χ3n) is 4.50. The van der Waals surface area contributed by atoms with Gasteiger partial charge in [0.25, 0.3) is 0 Å². The highest BCUT2D eigenvalue weighted by molar-refractivity contribution is 5.92. The van der Waals surface area contributed by atoms with E-state index in [1.165, 1.54) is 0 Å². The number of nitrogens with one attached hydrogen (secondary N) is 1. The molecule has 1 aliphatic heterocycles. The molecule has 1 N–H and O–H groups in total. The molecule has 0 aliphatic carbocycles. The van der Waals surface area contributed by atoms with Gasteiger partial charge in [0.1, 0.15) is 0 Å². The average Bonchev–Trinajstić information content (AvgIpc) is 3.10. The quantitative estimate of drug-likeness (QED) is 0.918. The fourth-order valence-electron chi connectivity index (χ4n) is 3.29. The molecule has 2 heterocycles. The van der Waals surface area contributed by atoms with Gasteiger partial charge in [-0.2, -0.15) is 0 Å². The zero-order valence-electron chi connectivity index (χ0n) is 14.5. The lowest BCUT2D eigenvalue weighted by Crippen LogP contribution is -2.39. The van der Waals surface area contributed by atoms with Crippen LogP contribution in [0.5, 0.6) is 0 Å². The maximum atomic E-state index is 12.5. The van der Waals surface area contributed by atoms with Gasteiger partial charge in [-0.1, -0.05) is 19.9 Å². The Balaban J connectivity index is 1.57. The number of imidazole rings is 1. The third kappa shape index (κ3) is 4.23. The molecule has 1 saturated heterocycles. The standard InChI is InChI=1S/C19H26N4O/c1-15(2)13-22-9-6-16(7-10-22)19(24)21-17-4-3-5-18(12-17)23-11-8-20-14-23/h3-5,8,11-12,14-16H,6-7,9-10,13H2,1-2H3,(H,21,24). The summed E-state index contributed by atoms with van der Waals surface area (Å²) in [6.45, 7) is 7.65. The summed E-state index contributed by atoms with van der Waals surface area (Å²) < 4.78 is 1.93. The minimum absolute atomic E-state index is 0.116. The van der Waals surface area contributed by atoms with Crippen LogP contribution in [0.4, 0.5) is 5.69 Å². The van der Waals surface area contributed by atoms with Gasteiger partial charge in [-0.05, 0) is 50.0 Å². The van der Waals surface area contributed by atoms with Gasteiger partial charge >= 0.3 is 0 Å². The van der Waals surface area contributed by atoms with Crippen molar-refractivity contribution in [2.75, 3.05) is 25.0 Å². The number of anilines is 1. The van der Waals surface area contributed by atoms with Crippen LogP contribution in [-0.4, -0.2) is 40.0 Å². The molecule has 0 unspecified atom stereocenters. The Hall–Kier alpha value is -2.14. The first-order valence-electron chi connectivity index (χ1n) is 8.73. The Morgan fingerprint density at radius 2 is 2.12 bits per heavy atom. The Bertz CT molecular complexity index is 658. The summed E-state index contributed by atoms with van der Waals surface area (Å²) in [5.41, 5.74) is 1.84. The molecule has 0 radical (unpaired) electrons. The first-order valence-corrected chi connectivity index (χ1v) is 8.73. The number of amides is 1. The second-order valence-corrected chi connectivity index (χ2v) is 6.98. The lowest BCUT2D eigenvalue weighted by molar-refractivity contribution is -0.121. The maximum Gasteiger partial charge on any atom is 0.227 e. The molecule has 1 aromatic carbocycles. The number of hydrogen-bond donors (Lipinski definition) is 1. The number of rotatable bonds is 5. The molecule has 0 saturated carbocycles. The normalized spacial score (nSPS) is 16.5. The molecule has 0 bridgehead atoms. The number of nitrogens with zero attached hydrogens (tertiary/aromatic N) is 3. The van der Waals surface area contributed by atoms with Crippen molar-refractivity contribution in [1.29, 1.82) is 0 Å². The molecule has 0 atom stereocenters. The predicted molar refractivity (Wildman–Crippen MR) is 96.2 cm³/mol. The van der Waals surface area contributed by atoms with Crippen LogP contribution in [0.3, 0.4) is 0 Å². The van der Waals surface area contributed by atoms with Crippen LogP contribution >= 0.6 is 0 Å². The number of likely N-dealkylation sites (tertiary alicyclic amines) is 1. The van der Waals surface area contributed by atoms with Crippen molar-refractivity contribution in [3.8, 4) is 5.69 Å². The van der Waals surface area contributed by atoms with Gasteiger partial charge in [0.05, 0.1) is 6.33 Å². The fourth-order valence-corrected chi connectivity index (χ4v) is 3.29. The van der Waals surface area contributed by atoms with Crippen LogP contribution in [0.1, 0.15) is 26.7 Å². The van der Waals surface area contributed by atoms with Crippen LogP contribution in [0.15, 0.2) is 43.0 Å².